The van der Waals surface area contributed by atoms with E-state index in [0.29, 0.717) is 12.1 Å². The van der Waals surface area contributed by atoms with Gasteiger partial charge in [-0.3, -0.25) is 4.79 Å². The van der Waals surface area contributed by atoms with Crippen LogP contribution in [-0.4, -0.2) is 19.4 Å². The van der Waals surface area contributed by atoms with E-state index in [0.717, 1.165) is 12.8 Å². The third-order valence-corrected chi connectivity index (χ3v) is 2.94. The summed E-state index contributed by atoms with van der Waals surface area (Å²) >= 11 is 0. The summed E-state index contributed by atoms with van der Waals surface area (Å²) in [5.74, 6) is -0.280. The Morgan fingerprint density at radius 3 is 2.80 bits per heavy atom. The Hall–Kier alpha value is -1.22. The quantitative estimate of drug-likeness (QED) is 0.765. The number of Topliss-reactive ketones (excluding diaryl/α,β-unsaturated/α-hetero) is 1. The predicted octanol–water partition coefficient (Wildman–Crippen LogP) is 2.01. The molecule has 0 aromatic heterocycles. The first-order chi connectivity index (χ1) is 7.18. The van der Waals surface area contributed by atoms with Crippen molar-refractivity contribution in [3.05, 3.63) is 35.6 Å². The molecule has 2 nitrogen and oxygen atoms in total. The lowest BCUT2D eigenvalue weighted by Gasteiger charge is -2.12. The van der Waals surface area contributed by atoms with Gasteiger partial charge in [0, 0.05) is 17.5 Å². The fourth-order valence-electron chi connectivity index (χ4n) is 1.91. The van der Waals surface area contributed by atoms with Gasteiger partial charge in [0.25, 0.3) is 0 Å². The van der Waals surface area contributed by atoms with Crippen LogP contribution in [0, 0.1) is 11.2 Å². The first kappa shape index (κ1) is 10.3. The third-order valence-electron chi connectivity index (χ3n) is 2.94. The molecule has 0 spiro atoms. The Balaban J connectivity index is 2.21. The van der Waals surface area contributed by atoms with Crippen molar-refractivity contribution in [1.82, 2.24) is 5.32 Å². The Labute approximate surface area is 88.5 Å². The SMILES string of the molecule is CNCC1(C(=O)c2cccc(F)c2)CC1. The number of ketones is 1. The van der Waals surface area contributed by atoms with Crippen LogP contribution in [0.3, 0.4) is 0 Å². The molecule has 1 fully saturated rings. The highest BCUT2D eigenvalue weighted by molar-refractivity contribution is 6.02. The monoisotopic (exact) mass is 207 g/mol. The van der Waals surface area contributed by atoms with Gasteiger partial charge in [0.1, 0.15) is 5.82 Å². The van der Waals surface area contributed by atoms with E-state index in [-0.39, 0.29) is 17.0 Å². The minimum Gasteiger partial charge on any atom is -0.319 e. The first-order valence-corrected chi connectivity index (χ1v) is 5.13. The Morgan fingerprint density at radius 2 is 2.27 bits per heavy atom. The normalized spacial score (nSPS) is 17.5. The van der Waals surface area contributed by atoms with Gasteiger partial charge in [-0.15, -0.1) is 0 Å². The number of benzene rings is 1. The summed E-state index contributed by atoms with van der Waals surface area (Å²) in [5.41, 5.74) is 0.227. The van der Waals surface area contributed by atoms with Gasteiger partial charge in [-0.05, 0) is 32.0 Å². The van der Waals surface area contributed by atoms with E-state index in [9.17, 15) is 9.18 Å². The molecule has 0 atom stereocenters. The lowest BCUT2D eigenvalue weighted by molar-refractivity contribution is 0.0900. The van der Waals surface area contributed by atoms with Crippen molar-refractivity contribution in [3.63, 3.8) is 0 Å². The summed E-state index contributed by atoms with van der Waals surface area (Å²) in [5, 5.41) is 3.02. The highest BCUT2D eigenvalue weighted by atomic mass is 19.1. The average molecular weight is 207 g/mol. The summed E-state index contributed by atoms with van der Waals surface area (Å²) in [4.78, 5) is 12.1. The van der Waals surface area contributed by atoms with Crippen LogP contribution in [-0.2, 0) is 0 Å². The van der Waals surface area contributed by atoms with E-state index in [1.54, 1.807) is 12.1 Å². The number of nitrogens with one attached hydrogen (secondary N) is 1. The Morgan fingerprint density at radius 1 is 1.53 bits per heavy atom. The summed E-state index contributed by atoms with van der Waals surface area (Å²) < 4.78 is 13.0. The predicted molar refractivity (Wildman–Crippen MR) is 56.3 cm³/mol. The number of halogens is 1. The van der Waals surface area contributed by atoms with Crippen LogP contribution in [0.5, 0.6) is 0 Å². The molecule has 1 aliphatic carbocycles. The minimum absolute atomic E-state index is 0.0661. The summed E-state index contributed by atoms with van der Waals surface area (Å²) in [6.45, 7) is 0.683. The third kappa shape index (κ3) is 1.92. The maximum Gasteiger partial charge on any atom is 0.170 e. The average Bonchev–Trinajstić information content (AvgIpc) is 2.98. The van der Waals surface area contributed by atoms with E-state index in [1.807, 2.05) is 7.05 Å². The van der Waals surface area contributed by atoms with Crippen molar-refractivity contribution in [2.24, 2.45) is 5.41 Å². The lowest BCUT2D eigenvalue weighted by Crippen LogP contribution is -2.27. The molecule has 1 aliphatic rings. The zero-order valence-electron chi connectivity index (χ0n) is 8.72. The molecule has 0 heterocycles. The van der Waals surface area contributed by atoms with Crippen LogP contribution >= 0.6 is 0 Å². The van der Waals surface area contributed by atoms with Crippen LogP contribution < -0.4 is 5.32 Å². The standard InChI is InChI=1S/C12H14FNO/c1-14-8-12(5-6-12)11(15)9-3-2-4-10(13)7-9/h2-4,7,14H,5-6,8H2,1H3. The van der Waals surface area contributed by atoms with Crippen molar-refractivity contribution >= 4 is 5.78 Å². The van der Waals surface area contributed by atoms with Crippen LogP contribution in [0.4, 0.5) is 4.39 Å². The molecule has 1 saturated carbocycles. The van der Waals surface area contributed by atoms with Crippen LogP contribution in [0.25, 0.3) is 0 Å². The van der Waals surface area contributed by atoms with Gasteiger partial charge in [-0.1, -0.05) is 12.1 Å². The molecule has 2 rings (SSSR count). The molecule has 1 N–H and O–H groups in total. The van der Waals surface area contributed by atoms with E-state index in [4.69, 9.17) is 0 Å². The second kappa shape index (κ2) is 3.74. The van der Waals surface area contributed by atoms with Crippen molar-refractivity contribution in [2.45, 2.75) is 12.8 Å². The van der Waals surface area contributed by atoms with Gasteiger partial charge < -0.3 is 5.32 Å². The van der Waals surface area contributed by atoms with Crippen molar-refractivity contribution in [1.29, 1.82) is 0 Å². The van der Waals surface area contributed by atoms with E-state index >= 15 is 0 Å². The molecule has 1 aromatic carbocycles. The number of hydrogen-bond donors (Lipinski definition) is 1. The lowest BCUT2D eigenvalue weighted by atomic mass is 9.94. The molecule has 0 bridgehead atoms. The summed E-state index contributed by atoms with van der Waals surface area (Å²) in [6.07, 6.45) is 1.81. The molecule has 1 aromatic rings. The molecule has 0 aliphatic heterocycles. The van der Waals surface area contributed by atoms with Crippen LogP contribution in [0.2, 0.25) is 0 Å². The largest absolute Gasteiger partial charge is 0.319 e. The smallest absolute Gasteiger partial charge is 0.170 e. The van der Waals surface area contributed by atoms with Crippen molar-refractivity contribution in [3.8, 4) is 0 Å². The molecule has 0 saturated heterocycles. The first-order valence-electron chi connectivity index (χ1n) is 5.13. The van der Waals surface area contributed by atoms with Gasteiger partial charge in [-0.25, -0.2) is 4.39 Å². The maximum absolute atomic E-state index is 13.0. The fourth-order valence-corrected chi connectivity index (χ4v) is 1.91. The van der Waals surface area contributed by atoms with Gasteiger partial charge in [0.2, 0.25) is 0 Å². The molecule has 0 unspecified atom stereocenters. The minimum atomic E-state index is -0.346. The van der Waals surface area contributed by atoms with Crippen LogP contribution in [0.1, 0.15) is 23.2 Å². The molecule has 3 heteroatoms. The summed E-state index contributed by atoms with van der Waals surface area (Å²) in [7, 11) is 1.83. The Kier molecular flexibility index (Phi) is 2.57. The zero-order chi connectivity index (χ0) is 10.9. The molecule has 80 valence electrons. The number of rotatable bonds is 4. The zero-order valence-corrected chi connectivity index (χ0v) is 8.72. The van der Waals surface area contributed by atoms with Crippen molar-refractivity contribution in [2.75, 3.05) is 13.6 Å². The summed E-state index contributed by atoms with van der Waals surface area (Å²) in [6, 6.07) is 5.94. The topological polar surface area (TPSA) is 29.1 Å². The number of hydrogen-bond acceptors (Lipinski definition) is 2. The maximum atomic E-state index is 13.0. The van der Waals surface area contributed by atoms with E-state index in [2.05, 4.69) is 5.32 Å². The molecule has 0 radical (unpaired) electrons. The second-order valence-corrected chi connectivity index (χ2v) is 4.15. The van der Waals surface area contributed by atoms with Gasteiger partial charge in [0.15, 0.2) is 5.78 Å². The molecular weight excluding hydrogens is 193 g/mol. The molecule has 15 heavy (non-hydrogen) atoms. The van der Waals surface area contributed by atoms with E-state index in [1.165, 1.54) is 12.1 Å². The highest BCUT2D eigenvalue weighted by Crippen LogP contribution is 2.47. The van der Waals surface area contributed by atoms with Gasteiger partial charge >= 0.3 is 0 Å². The van der Waals surface area contributed by atoms with E-state index < -0.39 is 0 Å². The number of carbonyl (C=O) groups excluding carboxylic acids is 1. The second-order valence-electron chi connectivity index (χ2n) is 4.15. The molecular formula is C12H14FNO. The van der Waals surface area contributed by atoms with Crippen LogP contribution in [0.15, 0.2) is 24.3 Å². The van der Waals surface area contributed by atoms with Crippen molar-refractivity contribution < 1.29 is 9.18 Å². The molecule has 0 amide bonds. The van der Waals surface area contributed by atoms with Gasteiger partial charge in [-0.2, -0.15) is 0 Å². The Bertz CT molecular complexity index is 385. The highest BCUT2D eigenvalue weighted by Gasteiger charge is 2.49. The van der Waals surface area contributed by atoms with Gasteiger partial charge in [0.05, 0.1) is 0 Å². The fraction of sp³-hybridized carbons (Fsp3) is 0.417. The number of carbonyl (C=O) groups is 1.